The number of nitriles is 1. The zero-order chi connectivity index (χ0) is 8.97. The maximum atomic E-state index is 8.32. The van der Waals surface area contributed by atoms with E-state index in [0.29, 0.717) is 0 Å². The minimum absolute atomic E-state index is 1.02. The number of allylic oxidation sites excluding steroid dienone is 1. The number of hydrogen-bond donors (Lipinski definition) is 0. The van der Waals surface area contributed by atoms with Gasteiger partial charge in [0.05, 0.1) is 6.07 Å². The van der Waals surface area contributed by atoms with Gasteiger partial charge in [-0.25, -0.2) is 0 Å². The smallest absolute Gasteiger partial charge is 0.0912 e. The first-order valence-corrected chi connectivity index (χ1v) is 4.35. The Labute approximate surface area is 80.5 Å². The summed E-state index contributed by atoms with van der Waals surface area (Å²) in [5, 5.41) is 8.32. The fourth-order valence-electron chi connectivity index (χ4n) is 0.894. The van der Waals surface area contributed by atoms with Crippen molar-refractivity contribution < 1.29 is 0 Å². The van der Waals surface area contributed by atoms with Crippen LogP contribution in [0.25, 0.3) is 6.08 Å². The van der Waals surface area contributed by atoms with Gasteiger partial charge in [-0.3, -0.25) is 0 Å². The second-order valence-electron chi connectivity index (χ2n) is 2.49. The number of benzene rings is 1. The lowest BCUT2D eigenvalue weighted by molar-refractivity contribution is 1.44. The van der Waals surface area contributed by atoms with Gasteiger partial charge in [-0.2, -0.15) is 5.26 Å². The molecule has 12 heavy (non-hydrogen) atoms. The summed E-state index contributed by atoms with van der Waals surface area (Å²) < 4.78 is 1.02. The van der Waals surface area contributed by atoms with Gasteiger partial charge in [0.2, 0.25) is 0 Å². The van der Waals surface area contributed by atoms with Crippen molar-refractivity contribution in [3.8, 4) is 6.07 Å². The summed E-state index contributed by atoms with van der Waals surface area (Å²) in [6.45, 7) is 2.03. The third-order valence-corrected chi connectivity index (χ3v) is 2.18. The number of rotatable bonds is 1. The fourth-order valence-corrected chi connectivity index (χ4v) is 1.52. The molecule has 0 aliphatic rings. The molecule has 0 saturated carbocycles. The van der Waals surface area contributed by atoms with Crippen molar-refractivity contribution in [1.29, 1.82) is 5.26 Å². The standard InChI is InChI=1S/C10H8BrN/c1-8-4-5-9(3-2-6-12)10(11)7-8/h2-5,7H,1H3/b3-2+. The van der Waals surface area contributed by atoms with Gasteiger partial charge in [-0.15, -0.1) is 0 Å². The van der Waals surface area contributed by atoms with E-state index in [1.54, 1.807) is 6.08 Å². The van der Waals surface area contributed by atoms with E-state index in [0.717, 1.165) is 10.0 Å². The quantitative estimate of drug-likeness (QED) is 0.668. The average molecular weight is 222 g/mol. The second kappa shape index (κ2) is 4.08. The highest BCUT2D eigenvalue weighted by molar-refractivity contribution is 9.10. The van der Waals surface area contributed by atoms with Crippen LogP contribution in [0.4, 0.5) is 0 Å². The number of aryl methyl sites for hydroxylation is 1. The van der Waals surface area contributed by atoms with Crippen molar-refractivity contribution in [1.82, 2.24) is 0 Å². The summed E-state index contributed by atoms with van der Waals surface area (Å²) in [5.74, 6) is 0. The van der Waals surface area contributed by atoms with Crippen molar-refractivity contribution in [2.75, 3.05) is 0 Å². The molecule has 1 nitrogen and oxygen atoms in total. The molecule has 0 bridgehead atoms. The maximum absolute atomic E-state index is 8.32. The first-order chi connectivity index (χ1) is 5.74. The van der Waals surface area contributed by atoms with Crippen molar-refractivity contribution in [2.45, 2.75) is 6.92 Å². The van der Waals surface area contributed by atoms with Gasteiger partial charge in [-0.1, -0.05) is 28.1 Å². The second-order valence-corrected chi connectivity index (χ2v) is 3.34. The van der Waals surface area contributed by atoms with Crippen molar-refractivity contribution >= 4 is 22.0 Å². The van der Waals surface area contributed by atoms with Gasteiger partial charge in [0.1, 0.15) is 0 Å². The van der Waals surface area contributed by atoms with Crippen LogP contribution in [0.5, 0.6) is 0 Å². The van der Waals surface area contributed by atoms with Crippen LogP contribution in [0.1, 0.15) is 11.1 Å². The normalized spacial score (nSPS) is 10.1. The lowest BCUT2D eigenvalue weighted by Crippen LogP contribution is -1.77. The van der Waals surface area contributed by atoms with E-state index < -0.39 is 0 Å². The minimum Gasteiger partial charge on any atom is -0.193 e. The van der Waals surface area contributed by atoms with Gasteiger partial charge in [0, 0.05) is 10.5 Å². The topological polar surface area (TPSA) is 23.8 Å². The van der Waals surface area contributed by atoms with Crippen LogP contribution in [-0.4, -0.2) is 0 Å². The van der Waals surface area contributed by atoms with Crippen LogP contribution in [0.15, 0.2) is 28.7 Å². The van der Waals surface area contributed by atoms with Crippen molar-refractivity contribution in [3.05, 3.63) is 39.9 Å². The molecular weight excluding hydrogens is 214 g/mol. The SMILES string of the molecule is Cc1ccc(/C=C/C#N)c(Br)c1. The molecular formula is C10H8BrN. The van der Waals surface area contributed by atoms with Crippen molar-refractivity contribution in [3.63, 3.8) is 0 Å². The van der Waals surface area contributed by atoms with E-state index in [9.17, 15) is 0 Å². The Kier molecular flexibility index (Phi) is 3.07. The largest absolute Gasteiger partial charge is 0.193 e. The van der Waals surface area contributed by atoms with E-state index in [1.807, 2.05) is 31.2 Å². The average Bonchev–Trinajstić information content (AvgIpc) is 2.03. The fraction of sp³-hybridized carbons (Fsp3) is 0.100. The van der Waals surface area contributed by atoms with Crippen LogP contribution in [-0.2, 0) is 0 Å². The number of halogens is 1. The van der Waals surface area contributed by atoms with Gasteiger partial charge in [-0.05, 0) is 30.2 Å². The van der Waals surface area contributed by atoms with Crippen LogP contribution in [0, 0.1) is 18.3 Å². The van der Waals surface area contributed by atoms with Crippen LogP contribution in [0.3, 0.4) is 0 Å². The first-order valence-electron chi connectivity index (χ1n) is 3.56. The third kappa shape index (κ3) is 2.21. The molecule has 2 heteroatoms. The first kappa shape index (κ1) is 9.02. The Hall–Kier alpha value is -1.07. The molecule has 0 unspecified atom stereocenters. The van der Waals surface area contributed by atoms with Gasteiger partial charge >= 0.3 is 0 Å². The highest BCUT2D eigenvalue weighted by Crippen LogP contribution is 2.19. The molecule has 0 saturated heterocycles. The van der Waals surface area contributed by atoms with Crippen LogP contribution in [0.2, 0.25) is 0 Å². The molecule has 1 aromatic carbocycles. The lowest BCUT2D eigenvalue weighted by atomic mass is 10.1. The summed E-state index contributed by atoms with van der Waals surface area (Å²) in [6, 6.07) is 7.98. The predicted octanol–water partition coefficient (Wildman–Crippen LogP) is 3.29. The van der Waals surface area contributed by atoms with E-state index in [1.165, 1.54) is 11.6 Å². The van der Waals surface area contributed by atoms with E-state index >= 15 is 0 Å². The molecule has 0 spiro atoms. The molecule has 1 rings (SSSR count). The Morgan fingerprint density at radius 1 is 1.50 bits per heavy atom. The Bertz CT molecular complexity index is 347. The third-order valence-electron chi connectivity index (χ3n) is 1.49. The van der Waals surface area contributed by atoms with Gasteiger partial charge in [0.15, 0.2) is 0 Å². The monoisotopic (exact) mass is 221 g/mol. The molecule has 60 valence electrons. The molecule has 1 aromatic rings. The van der Waals surface area contributed by atoms with Gasteiger partial charge < -0.3 is 0 Å². The molecule has 0 radical (unpaired) electrons. The Morgan fingerprint density at radius 2 is 2.25 bits per heavy atom. The van der Waals surface area contributed by atoms with E-state index in [4.69, 9.17) is 5.26 Å². The summed E-state index contributed by atoms with van der Waals surface area (Å²) in [6.07, 6.45) is 3.25. The molecule has 0 amide bonds. The molecule has 0 aliphatic carbocycles. The molecule has 0 aromatic heterocycles. The van der Waals surface area contributed by atoms with Crippen LogP contribution >= 0.6 is 15.9 Å². The molecule has 0 atom stereocenters. The lowest BCUT2D eigenvalue weighted by Gasteiger charge is -1.98. The predicted molar refractivity (Wildman–Crippen MR) is 53.5 cm³/mol. The summed E-state index contributed by atoms with van der Waals surface area (Å²) in [7, 11) is 0. The molecule has 0 aliphatic heterocycles. The highest BCUT2D eigenvalue weighted by Gasteiger charge is 1.94. The van der Waals surface area contributed by atoms with Crippen molar-refractivity contribution in [2.24, 2.45) is 0 Å². The van der Waals surface area contributed by atoms with Gasteiger partial charge in [0.25, 0.3) is 0 Å². The summed E-state index contributed by atoms with van der Waals surface area (Å²) >= 11 is 3.42. The molecule has 0 N–H and O–H groups in total. The highest BCUT2D eigenvalue weighted by atomic mass is 79.9. The number of hydrogen-bond acceptors (Lipinski definition) is 1. The zero-order valence-corrected chi connectivity index (χ0v) is 8.30. The number of nitrogens with zero attached hydrogens (tertiary/aromatic N) is 1. The maximum Gasteiger partial charge on any atom is 0.0912 e. The Morgan fingerprint density at radius 3 is 2.83 bits per heavy atom. The minimum atomic E-state index is 1.02. The zero-order valence-electron chi connectivity index (χ0n) is 6.71. The van der Waals surface area contributed by atoms with E-state index in [-0.39, 0.29) is 0 Å². The Balaban J connectivity index is 3.03. The van der Waals surface area contributed by atoms with Crippen LogP contribution < -0.4 is 0 Å². The van der Waals surface area contributed by atoms with E-state index in [2.05, 4.69) is 15.9 Å². The molecule has 0 fully saturated rings. The molecule has 0 heterocycles. The summed E-state index contributed by atoms with van der Waals surface area (Å²) in [4.78, 5) is 0. The summed E-state index contributed by atoms with van der Waals surface area (Å²) in [5.41, 5.74) is 2.23.